The summed E-state index contributed by atoms with van der Waals surface area (Å²) in [4.78, 5) is 16.6. The fourth-order valence-corrected chi connectivity index (χ4v) is 2.41. The SMILES string of the molecule is O=c1c2ccc(Br)cc2ncn1COCc1ccccc1. The molecule has 0 radical (unpaired) electrons. The second-order valence-electron chi connectivity index (χ2n) is 4.64. The summed E-state index contributed by atoms with van der Waals surface area (Å²) in [7, 11) is 0. The van der Waals surface area contributed by atoms with E-state index in [1.165, 1.54) is 10.9 Å². The van der Waals surface area contributed by atoms with Crippen molar-refractivity contribution in [2.24, 2.45) is 0 Å². The average Bonchev–Trinajstić information content (AvgIpc) is 2.50. The Bertz CT molecular complexity index is 815. The number of rotatable bonds is 4. The lowest BCUT2D eigenvalue weighted by molar-refractivity contribution is 0.0614. The lowest BCUT2D eigenvalue weighted by atomic mass is 10.2. The van der Waals surface area contributed by atoms with E-state index in [0.29, 0.717) is 17.5 Å². The summed E-state index contributed by atoms with van der Waals surface area (Å²) in [6, 6.07) is 15.3. The minimum Gasteiger partial charge on any atom is -0.356 e. The van der Waals surface area contributed by atoms with E-state index < -0.39 is 0 Å². The Morgan fingerprint density at radius 1 is 1.14 bits per heavy atom. The number of aromatic nitrogens is 2. The Labute approximate surface area is 130 Å². The molecular formula is C16H13BrN2O2. The van der Waals surface area contributed by atoms with Crippen molar-refractivity contribution in [2.75, 3.05) is 0 Å². The highest BCUT2D eigenvalue weighted by Crippen LogP contribution is 2.14. The highest BCUT2D eigenvalue weighted by atomic mass is 79.9. The van der Waals surface area contributed by atoms with Crippen LogP contribution >= 0.6 is 15.9 Å². The molecule has 106 valence electrons. The fourth-order valence-electron chi connectivity index (χ4n) is 2.06. The van der Waals surface area contributed by atoms with Crippen LogP contribution in [0.1, 0.15) is 5.56 Å². The lowest BCUT2D eigenvalue weighted by Crippen LogP contribution is -2.21. The molecule has 0 aliphatic rings. The van der Waals surface area contributed by atoms with Crippen LogP contribution in [0.2, 0.25) is 0 Å². The third-order valence-electron chi connectivity index (χ3n) is 3.13. The molecule has 0 saturated heterocycles. The van der Waals surface area contributed by atoms with Crippen molar-refractivity contribution in [2.45, 2.75) is 13.3 Å². The van der Waals surface area contributed by atoms with E-state index >= 15 is 0 Å². The standard InChI is InChI=1S/C16H13BrN2O2/c17-13-6-7-14-15(8-13)18-10-19(16(14)20)11-21-9-12-4-2-1-3-5-12/h1-8,10H,9,11H2. The topological polar surface area (TPSA) is 44.1 Å². The molecule has 0 amide bonds. The van der Waals surface area contributed by atoms with Crippen LogP contribution in [-0.2, 0) is 18.1 Å². The van der Waals surface area contributed by atoms with Crippen molar-refractivity contribution in [3.63, 3.8) is 0 Å². The van der Waals surface area contributed by atoms with Crippen LogP contribution in [0.3, 0.4) is 0 Å². The predicted octanol–water partition coefficient (Wildman–Crippen LogP) is 3.33. The highest BCUT2D eigenvalue weighted by molar-refractivity contribution is 9.10. The van der Waals surface area contributed by atoms with Crippen LogP contribution in [0.15, 0.2) is 64.1 Å². The monoisotopic (exact) mass is 344 g/mol. The summed E-state index contributed by atoms with van der Waals surface area (Å²) >= 11 is 3.37. The summed E-state index contributed by atoms with van der Waals surface area (Å²) in [5.41, 5.74) is 1.65. The molecule has 5 heteroatoms. The first-order valence-corrected chi connectivity index (χ1v) is 7.30. The van der Waals surface area contributed by atoms with E-state index in [2.05, 4.69) is 20.9 Å². The van der Waals surface area contributed by atoms with Gasteiger partial charge in [-0.2, -0.15) is 0 Å². The van der Waals surface area contributed by atoms with Gasteiger partial charge >= 0.3 is 0 Å². The smallest absolute Gasteiger partial charge is 0.263 e. The van der Waals surface area contributed by atoms with Crippen molar-refractivity contribution in [3.8, 4) is 0 Å². The molecule has 1 heterocycles. The van der Waals surface area contributed by atoms with Crippen molar-refractivity contribution < 1.29 is 4.74 Å². The van der Waals surface area contributed by atoms with Gasteiger partial charge in [0.15, 0.2) is 0 Å². The van der Waals surface area contributed by atoms with Gasteiger partial charge in [-0.3, -0.25) is 9.36 Å². The molecule has 0 spiro atoms. The number of nitrogens with zero attached hydrogens (tertiary/aromatic N) is 2. The summed E-state index contributed by atoms with van der Waals surface area (Å²) in [6.45, 7) is 0.651. The van der Waals surface area contributed by atoms with Gasteiger partial charge in [0.2, 0.25) is 0 Å². The van der Waals surface area contributed by atoms with Gasteiger partial charge in [0.1, 0.15) is 13.1 Å². The molecular weight excluding hydrogens is 332 g/mol. The molecule has 0 N–H and O–H groups in total. The molecule has 0 fully saturated rings. The predicted molar refractivity (Wildman–Crippen MR) is 84.9 cm³/mol. The van der Waals surface area contributed by atoms with Crippen LogP contribution in [0.25, 0.3) is 10.9 Å². The van der Waals surface area contributed by atoms with Crippen LogP contribution in [0, 0.1) is 0 Å². The fraction of sp³-hybridized carbons (Fsp3) is 0.125. The number of hydrogen-bond donors (Lipinski definition) is 0. The van der Waals surface area contributed by atoms with Crippen molar-refractivity contribution in [1.82, 2.24) is 9.55 Å². The number of fused-ring (bicyclic) bond motifs is 1. The molecule has 0 bridgehead atoms. The van der Waals surface area contributed by atoms with E-state index in [4.69, 9.17) is 4.74 Å². The van der Waals surface area contributed by atoms with Crippen molar-refractivity contribution in [1.29, 1.82) is 0 Å². The first-order chi connectivity index (χ1) is 10.2. The molecule has 1 aromatic heterocycles. The van der Waals surface area contributed by atoms with Gasteiger partial charge in [-0.1, -0.05) is 46.3 Å². The van der Waals surface area contributed by atoms with Crippen LogP contribution in [-0.4, -0.2) is 9.55 Å². The second kappa shape index (κ2) is 6.20. The number of hydrogen-bond acceptors (Lipinski definition) is 3. The first kappa shape index (κ1) is 14.0. The molecule has 4 nitrogen and oxygen atoms in total. The molecule has 3 aromatic rings. The van der Waals surface area contributed by atoms with Gasteiger partial charge in [0.25, 0.3) is 5.56 Å². The lowest BCUT2D eigenvalue weighted by Gasteiger charge is -2.08. The number of ether oxygens (including phenoxy) is 1. The minimum absolute atomic E-state index is 0.0967. The number of halogens is 1. The van der Waals surface area contributed by atoms with Crippen LogP contribution < -0.4 is 5.56 Å². The summed E-state index contributed by atoms with van der Waals surface area (Å²) < 4.78 is 7.95. The maximum Gasteiger partial charge on any atom is 0.263 e. The van der Waals surface area contributed by atoms with Crippen LogP contribution in [0.5, 0.6) is 0 Å². The van der Waals surface area contributed by atoms with Gasteiger partial charge in [-0.25, -0.2) is 4.98 Å². The summed E-state index contributed by atoms with van der Waals surface area (Å²) in [5, 5.41) is 0.587. The van der Waals surface area contributed by atoms with Gasteiger partial charge in [-0.05, 0) is 23.8 Å². The zero-order valence-electron chi connectivity index (χ0n) is 11.2. The van der Waals surface area contributed by atoms with E-state index in [0.717, 1.165) is 10.0 Å². The molecule has 0 unspecified atom stereocenters. The molecule has 2 aromatic carbocycles. The summed E-state index contributed by atoms with van der Waals surface area (Å²) in [5.74, 6) is 0. The Morgan fingerprint density at radius 3 is 2.76 bits per heavy atom. The quantitative estimate of drug-likeness (QED) is 0.729. The maximum atomic E-state index is 12.3. The summed E-state index contributed by atoms with van der Waals surface area (Å²) in [6.07, 6.45) is 1.52. The largest absolute Gasteiger partial charge is 0.356 e. The highest BCUT2D eigenvalue weighted by Gasteiger charge is 2.04. The van der Waals surface area contributed by atoms with Gasteiger partial charge in [0, 0.05) is 4.47 Å². The minimum atomic E-state index is -0.0967. The molecule has 0 atom stereocenters. The third kappa shape index (κ3) is 3.20. The van der Waals surface area contributed by atoms with Crippen molar-refractivity contribution in [3.05, 3.63) is 75.2 Å². The maximum absolute atomic E-state index is 12.3. The molecule has 0 saturated carbocycles. The Balaban J connectivity index is 1.77. The van der Waals surface area contributed by atoms with E-state index in [9.17, 15) is 4.79 Å². The Hall–Kier alpha value is -1.98. The van der Waals surface area contributed by atoms with Crippen LogP contribution in [0.4, 0.5) is 0 Å². The Kier molecular flexibility index (Phi) is 4.13. The van der Waals surface area contributed by atoms with E-state index in [-0.39, 0.29) is 12.3 Å². The average molecular weight is 345 g/mol. The van der Waals surface area contributed by atoms with Crippen molar-refractivity contribution >= 4 is 26.8 Å². The molecule has 21 heavy (non-hydrogen) atoms. The Morgan fingerprint density at radius 2 is 1.95 bits per heavy atom. The molecule has 0 aliphatic heterocycles. The number of benzene rings is 2. The zero-order valence-corrected chi connectivity index (χ0v) is 12.8. The second-order valence-corrected chi connectivity index (χ2v) is 5.56. The van der Waals surface area contributed by atoms with E-state index in [1.807, 2.05) is 42.5 Å². The zero-order chi connectivity index (χ0) is 14.7. The van der Waals surface area contributed by atoms with Gasteiger partial charge in [0.05, 0.1) is 17.5 Å². The van der Waals surface area contributed by atoms with Gasteiger partial charge in [-0.15, -0.1) is 0 Å². The molecule has 0 aliphatic carbocycles. The normalized spacial score (nSPS) is 10.9. The third-order valence-corrected chi connectivity index (χ3v) is 3.62. The first-order valence-electron chi connectivity index (χ1n) is 6.50. The van der Waals surface area contributed by atoms with Gasteiger partial charge < -0.3 is 4.74 Å². The molecule has 3 rings (SSSR count). The van der Waals surface area contributed by atoms with E-state index in [1.54, 1.807) is 6.07 Å².